The van der Waals surface area contributed by atoms with Gasteiger partial charge in [0.05, 0.1) is 5.75 Å². The molecule has 0 aromatic carbocycles. The van der Waals surface area contributed by atoms with Crippen LogP contribution in [0.2, 0.25) is 0 Å². The monoisotopic (exact) mass is 294 g/mol. The highest BCUT2D eigenvalue weighted by molar-refractivity contribution is 7.99. The van der Waals surface area contributed by atoms with Crippen LogP contribution >= 0.6 is 11.8 Å². The van der Waals surface area contributed by atoms with Gasteiger partial charge in [-0.25, -0.2) is 9.97 Å². The molecule has 2 N–H and O–H groups in total. The van der Waals surface area contributed by atoms with E-state index in [1.165, 1.54) is 18.2 Å². The molecule has 110 valence electrons. The van der Waals surface area contributed by atoms with E-state index in [1.807, 2.05) is 11.8 Å². The molecule has 2 heterocycles. The largest absolute Gasteiger partial charge is 0.384 e. The van der Waals surface area contributed by atoms with Crippen LogP contribution in [0.5, 0.6) is 0 Å². The Hall–Kier alpha value is -1.30. The Morgan fingerprint density at radius 1 is 1.40 bits per heavy atom. The van der Waals surface area contributed by atoms with Crippen molar-refractivity contribution in [3.05, 3.63) is 11.8 Å². The lowest BCUT2D eigenvalue weighted by Gasteiger charge is -2.39. The van der Waals surface area contributed by atoms with E-state index < -0.39 is 0 Å². The second-order valence-corrected chi connectivity index (χ2v) is 6.38. The molecule has 1 amide bonds. The van der Waals surface area contributed by atoms with Crippen LogP contribution < -0.4 is 5.73 Å². The van der Waals surface area contributed by atoms with Gasteiger partial charge in [-0.05, 0) is 40.0 Å². The molecule has 0 spiro atoms. The highest BCUT2D eigenvalue weighted by Gasteiger charge is 2.28. The van der Waals surface area contributed by atoms with Crippen LogP contribution in [-0.2, 0) is 4.79 Å². The number of rotatable bonds is 3. The van der Waals surface area contributed by atoms with Crippen LogP contribution in [0.15, 0.2) is 11.2 Å². The Kier molecular flexibility index (Phi) is 4.86. The van der Waals surface area contributed by atoms with Crippen molar-refractivity contribution >= 4 is 23.5 Å². The number of carbonyl (C=O) groups excluding carboxylic acids is 1. The highest BCUT2D eigenvalue weighted by atomic mass is 32.2. The first-order valence-electron chi connectivity index (χ1n) is 7.02. The molecule has 1 aliphatic rings. The van der Waals surface area contributed by atoms with Crippen molar-refractivity contribution in [1.82, 2.24) is 14.9 Å². The van der Waals surface area contributed by atoms with Crippen LogP contribution in [0.1, 0.15) is 38.8 Å². The zero-order valence-corrected chi connectivity index (χ0v) is 13.1. The molecule has 1 aromatic rings. The summed E-state index contributed by atoms with van der Waals surface area (Å²) in [5.41, 5.74) is 6.52. The Balaban J connectivity index is 1.97. The van der Waals surface area contributed by atoms with Gasteiger partial charge in [0.1, 0.15) is 5.82 Å². The SMILES string of the molecule is Cc1cc(N)nc(SCC(=O)N2[C@@H](C)CCC[C@@H]2C)n1. The van der Waals surface area contributed by atoms with Crippen LogP contribution in [-0.4, -0.2) is 38.6 Å². The molecule has 0 aliphatic carbocycles. The number of piperidine rings is 1. The van der Waals surface area contributed by atoms with E-state index in [0.29, 0.717) is 28.8 Å². The number of hydrogen-bond acceptors (Lipinski definition) is 5. The average Bonchev–Trinajstić information content (AvgIpc) is 2.35. The molecule has 0 unspecified atom stereocenters. The molecule has 0 radical (unpaired) electrons. The molecular weight excluding hydrogens is 272 g/mol. The third kappa shape index (κ3) is 3.62. The standard InChI is InChI=1S/C14H22N4OS/c1-9-7-12(15)17-14(16-9)20-8-13(19)18-10(2)5-4-6-11(18)3/h7,10-11H,4-6,8H2,1-3H3,(H2,15,16,17)/t10-,11-/m0/s1. The Morgan fingerprint density at radius 2 is 2.05 bits per heavy atom. The number of thioether (sulfide) groups is 1. The number of aryl methyl sites for hydroxylation is 1. The van der Waals surface area contributed by atoms with Crippen molar-refractivity contribution in [3.8, 4) is 0 Å². The van der Waals surface area contributed by atoms with Crippen LogP contribution in [0, 0.1) is 6.92 Å². The first-order valence-corrected chi connectivity index (χ1v) is 8.01. The van der Waals surface area contributed by atoms with E-state index in [-0.39, 0.29) is 5.91 Å². The number of nitrogen functional groups attached to an aromatic ring is 1. The molecule has 1 fully saturated rings. The molecule has 1 aliphatic heterocycles. The minimum absolute atomic E-state index is 0.165. The fraction of sp³-hybridized carbons (Fsp3) is 0.643. The molecule has 1 saturated heterocycles. The minimum Gasteiger partial charge on any atom is -0.384 e. The lowest BCUT2D eigenvalue weighted by molar-refractivity contribution is -0.134. The van der Waals surface area contributed by atoms with Gasteiger partial charge in [0.25, 0.3) is 0 Å². The number of carbonyl (C=O) groups is 1. The summed E-state index contributed by atoms with van der Waals surface area (Å²) in [7, 11) is 0. The number of amides is 1. The van der Waals surface area contributed by atoms with E-state index in [0.717, 1.165) is 18.5 Å². The summed E-state index contributed by atoms with van der Waals surface area (Å²) in [5.74, 6) is 0.989. The van der Waals surface area contributed by atoms with Gasteiger partial charge in [-0.3, -0.25) is 4.79 Å². The van der Waals surface area contributed by atoms with Gasteiger partial charge in [-0.15, -0.1) is 0 Å². The van der Waals surface area contributed by atoms with Crippen LogP contribution in [0.25, 0.3) is 0 Å². The van der Waals surface area contributed by atoms with E-state index in [4.69, 9.17) is 5.73 Å². The maximum Gasteiger partial charge on any atom is 0.233 e. The van der Waals surface area contributed by atoms with E-state index in [2.05, 4.69) is 23.8 Å². The lowest BCUT2D eigenvalue weighted by atomic mass is 9.98. The maximum absolute atomic E-state index is 12.4. The highest BCUT2D eigenvalue weighted by Crippen LogP contribution is 2.24. The number of aromatic nitrogens is 2. The van der Waals surface area contributed by atoms with Crippen LogP contribution in [0.3, 0.4) is 0 Å². The van der Waals surface area contributed by atoms with Gasteiger partial charge in [-0.1, -0.05) is 11.8 Å². The Morgan fingerprint density at radius 3 is 2.65 bits per heavy atom. The summed E-state index contributed by atoms with van der Waals surface area (Å²) in [6.45, 7) is 6.12. The minimum atomic E-state index is 0.165. The smallest absolute Gasteiger partial charge is 0.233 e. The van der Waals surface area contributed by atoms with Gasteiger partial charge in [-0.2, -0.15) is 0 Å². The molecule has 5 nitrogen and oxygen atoms in total. The molecule has 0 bridgehead atoms. The number of hydrogen-bond donors (Lipinski definition) is 1. The Bertz CT molecular complexity index is 464. The molecular formula is C14H22N4OS. The summed E-state index contributed by atoms with van der Waals surface area (Å²) in [4.78, 5) is 22.8. The summed E-state index contributed by atoms with van der Waals surface area (Å²) in [5, 5.41) is 0.577. The number of anilines is 1. The maximum atomic E-state index is 12.4. The van der Waals surface area contributed by atoms with E-state index >= 15 is 0 Å². The molecule has 1 aromatic heterocycles. The predicted molar refractivity (Wildman–Crippen MR) is 81.5 cm³/mol. The van der Waals surface area contributed by atoms with Crippen molar-refractivity contribution in [2.75, 3.05) is 11.5 Å². The first-order chi connectivity index (χ1) is 9.47. The van der Waals surface area contributed by atoms with Gasteiger partial charge < -0.3 is 10.6 Å². The molecule has 6 heteroatoms. The predicted octanol–water partition coefficient (Wildman–Crippen LogP) is 2.25. The number of nitrogens with zero attached hydrogens (tertiary/aromatic N) is 3. The van der Waals surface area contributed by atoms with Crippen LogP contribution in [0.4, 0.5) is 5.82 Å². The second kappa shape index (κ2) is 6.43. The normalized spacial score (nSPS) is 22.9. The van der Waals surface area contributed by atoms with Gasteiger partial charge >= 0.3 is 0 Å². The number of likely N-dealkylation sites (tertiary alicyclic amines) is 1. The molecule has 0 saturated carbocycles. The second-order valence-electron chi connectivity index (χ2n) is 5.44. The summed E-state index contributed by atoms with van der Waals surface area (Å²) >= 11 is 1.36. The molecule has 20 heavy (non-hydrogen) atoms. The van der Waals surface area contributed by atoms with Crippen molar-refractivity contribution < 1.29 is 4.79 Å². The van der Waals surface area contributed by atoms with E-state index in [9.17, 15) is 4.79 Å². The summed E-state index contributed by atoms with van der Waals surface area (Å²) in [6.07, 6.45) is 3.39. The van der Waals surface area contributed by atoms with Gasteiger partial charge in [0.15, 0.2) is 5.16 Å². The molecule has 2 atom stereocenters. The third-order valence-electron chi connectivity index (χ3n) is 3.66. The first kappa shape index (κ1) is 15.1. The molecule has 2 rings (SSSR count). The van der Waals surface area contributed by atoms with Gasteiger partial charge in [0, 0.05) is 23.8 Å². The zero-order valence-electron chi connectivity index (χ0n) is 12.3. The fourth-order valence-corrected chi connectivity index (χ4v) is 3.52. The quantitative estimate of drug-likeness (QED) is 0.684. The van der Waals surface area contributed by atoms with Crippen molar-refractivity contribution in [2.45, 2.75) is 57.3 Å². The summed E-state index contributed by atoms with van der Waals surface area (Å²) < 4.78 is 0. The fourth-order valence-electron chi connectivity index (χ4n) is 2.74. The third-order valence-corrected chi connectivity index (χ3v) is 4.49. The van der Waals surface area contributed by atoms with Crippen molar-refractivity contribution in [1.29, 1.82) is 0 Å². The van der Waals surface area contributed by atoms with E-state index in [1.54, 1.807) is 6.07 Å². The van der Waals surface area contributed by atoms with Crippen molar-refractivity contribution in [3.63, 3.8) is 0 Å². The topological polar surface area (TPSA) is 72.1 Å². The number of nitrogens with two attached hydrogens (primary N) is 1. The van der Waals surface area contributed by atoms with Gasteiger partial charge in [0.2, 0.25) is 5.91 Å². The Labute approximate surface area is 124 Å². The van der Waals surface area contributed by atoms with Crippen molar-refractivity contribution in [2.24, 2.45) is 0 Å². The zero-order chi connectivity index (χ0) is 14.7. The summed E-state index contributed by atoms with van der Waals surface area (Å²) in [6, 6.07) is 2.38. The lowest BCUT2D eigenvalue weighted by Crippen LogP contribution is -2.48. The average molecular weight is 294 g/mol.